The minimum Gasteiger partial charge on any atom is -0.349 e. The Morgan fingerprint density at radius 3 is 2.52 bits per heavy atom. The molecular formula is C19H21F3N4O. The molecule has 2 N–H and O–H groups in total. The van der Waals surface area contributed by atoms with Gasteiger partial charge < -0.3 is 10.6 Å². The molecule has 2 aliphatic heterocycles. The second-order valence-electron chi connectivity index (χ2n) is 7.38. The summed E-state index contributed by atoms with van der Waals surface area (Å²) in [5, 5.41) is 10.1. The predicted octanol–water partition coefficient (Wildman–Crippen LogP) is 3.21. The summed E-state index contributed by atoms with van der Waals surface area (Å²) < 4.78 is 42.2. The van der Waals surface area contributed by atoms with Crippen LogP contribution >= 0.6 is 0 Å². The fourth-order valence-corrected chi connectivity index (χ4v) is 4.21. The summed E-state index contributed by atoms with van der Waals surface area (Å²) in [6, 6.07) is 7.23. The number of fused-ring (bicyclic) bond motifs is 2. The number of aromatic nitrogens is 2. The van der Waals surface area contributed by atoms with E-state index in [-0.39, 0.29) is 6.04 Å². The highest BCUT2D eigenvalue weighted by Gasteiger charge is 2.41. The minimum absolute atomic E-state index is 0.112. The van der Waals surface area contributed by atoms with Gasteiger partial charge in [-0.05, 0) is 44.2 Å². The molecule has 1 aromatic carbocycles. The first-order valence-corrected chi connectivity index (χ1v) is 9.11. The van der Waals surface area contributed by atoms with Gasteiger partial charge in [0.15, 0.2) is 5.69 Å². The Kier molecular flexibility index (Phi) is 4.46. The standard InChI is InChI=1S/C19H21F3N4O/c1-11-4-2-3-5-16(11)26-17(19(20,21)22)15(10-23-26)18(27)25-14-8-12-6-7-13(9-14)24-12/h2-5,10,12-14,24H,6-9H2,1H3,(H,25,27). The average Bonchev–Trinajstić information content (AvgIpc) is 3.19. The molecule has 0 aliphatic carbocycles. The number of amides is 1. The van der Waals surface area contributed by atoms with Crippen LogP contribution in [0.3, 0.4) is 0 Å². The maximum Gasteiger partial charge on any atom is 0.434 e. The molecule has 0 radical (unpaired) electrons. The van der Waals surface area contributed by atoms with Crippen molar-refractivity contribution in [3.8, 4) is 5.69 Å². The molecule has 0 spiro atoms. The van der Waals surface area contributed by atoms with Crippen LogP contribution in [0.2, 0.25) is 0 Å². The number of benzene rings is 1. The van der Waals surface area contributed by atoms with Crippen LogP contribution in [0.1, 0.15) is 47.3 Å². The topological polar surface area (TPSA) is 59.0 Å². The summed E-state index contributed by atoms with van der Waals surface area (Å²) in [6.45, 7) is 1.71. The number of nitrogens with zero attached hydrogens (tertiary/aromatic N) is 2. The van der Waals surface area contributed by atoms with Crippen molar-refractivity contribution >= 4 is 5.91 Å². The molecule has 2 fully saturated rings. The fourth-order valence-electron chi connectivity index (χ4n) is 4.21. The van der Waals surface area contributed by atoms with Crippen LogP contribution in [-0.4, -0.2) is 33.8 Å². The maximum atomic E-state index is 13.8. The number of hydrogen-bond donors (Lipinski definition) is 2. The van der Waals surface area contributed by atoms with Gasteiger partial charge in [-0.2, -0.15) is 18.3 Å². The second kappa shape index (κ2) is 6.67. The molecule has 2 bridgehead atoms. The van der Waals surface area contributed by atoms with E-state index < -0.39 is 23.3 Å². The van der Waals surface area contributed by atoms with Crippen molar-refractivity contribution < 1.29 is 18.0 Å². The van der Waals surface area contributed by atoms with E-state index in [1.165, 1.54) is 0 Å². The fraction of sp³-hybridized carbons (Fsp3) is 0.474. The molecule has 5 nitrogen and oxygen atoms in total. The molecule has 144 valence electrons. The van der Waals surface area contributed by atoms with Crippen molar-refractivity contribution in [2.45, 2.75) is 56.9 Å². The van der Waals surface area contributed by atoms with Gasteiger partial charge in [0.1, 0.15) is 0 Å². The van der Waals surface area contributed by atoms with Gasteiger partial charge in [0, 0.05) is 18.1 Å². The number of aryl methyl sites for hydroxylation is 1. The number of nitrogens with one attached hydrogen (secondary N) is 2. The largest absolute Gasteiger partial charge is 0.434 e. The molecule has 2 aromatic rings. The van der Waals surface area contributed by atoms with E-state index in [0.717, 1.165) is 36.6 Å². The number of para-hydroxylation sites is 1. The van der Waals surface area contributed by atoms with Crippen molar-refractivity contribution in [1.29, 1.82) is 0 Å². The molecule has 2 saturated heterocycles. The van der Waals surface area contributed by atoms with Crippen LogP contribution < -0.4 is 10.6 Å². The van der Waals surface area contributed by atoms with E-state index in [1.807, 2.05) is 0 Å². The monoisotopic (exact) mass is 378 g/mol. The minimum atomic E-state index is -4.70. The van der Waals surface area contributed by atoms with Gasteiger partial charge in [-0.1, -0.05) is 18.2 Å². The molecule has 2 aliphatic rings. The molecule has 2 atom stereocenters. The molecule has 2 unspecified atom stereocenters. The Morgan fingerprint density at radius 1 is 1.22 bits per heavy atom. The lowest BCUT2D eigenvalue weighted by atomic mass is 9.99. The van der Waals surface area contributed by atoms with Gasteiger partial charge in [-0.15, -0.1) is 0 Å². The van der Waals surface area contributed by atoms with E-state index in [2.05, 4.69) is 15.7 Å². The summed E-state index contributed by atoms with van der Waals surface area (Å²) in [5.41, 5.74) is -0.514. The third-order valence-electron chi connectivity index (χ3n) is 5.43. The van der Waals surface area contributed by atoms with E-state index >= 15 is 0 Å². The summed E-state index contributed by atoms with van der Waals surface area (Å²) in [7, 11) is 0. The van der Waals surface area contributed by atoms with Crippen LogP contribution in [-0.2, 0) is 6.18 Å². The van der Waals surface area contributed by atoms with E-state index in [1.54, 1.807) is 31.2 Å². The van der Waals surface area contributed by atoms with Gasteiger partial charge in [-0.25, -0.2) is 4.68 Å². The summed E-state index contributed by atoms with van der Waals surface area (Å²) in [5.74, 6) is -0.714. The van der Waals surface area contributed by atoms with E-state index in [9.17, 15) is 18.0 Å². The summed E-state index contributed by atoms with van der Waals surface area (Å²) >= 11 is 0. The zero-order chi connectivity index (χ0) is 19.2. The lowest BCUT2D eigenvalue weighted by molar-refractivity contribution is -0.143. The zero-order valence-electron chi connectivity index (χ0n) is 14.9. The van der Waals surface area contributed by atoms with Gasteiger partial charge in [-0.3, -0.25) is 4.79 Å². The molecule has 27 heavy (non-hydrogen) atoms. The third kappa shape index (κ3) is 3.45. The number of hydrogen-bond acceptors (Lipinski definition) is 3. The number of carbonyl (C=O) groups is 1. The predicted molar refractivity (Wildman–Crippen MR) is 93.7 cm³/mol. The van der Waals surface area contributed by atoms with Crippen LogP contribution in [0.4, 0.5) is 13.2 Å². The van der Waals surface area contributed by atoms with Crippen molar-refractivity contribution in [2.24, 2.45) is 0 Å². The number of carbonyl (C=O) groups excluding carboxylic acids is 1. The van der Waals surface area contributed by atoms with Crippen LogP contribution in [0.25, 0.3) is 5.69 Å². The molecule has 1 aromatic heterocycles. The molecule has 0 saturated carbocycles. The molecule has 8 heteroatoms. The maximum absolute atomic E-state index is 13.8. The van der Waals surface area contributed by atoms with E-state index in [0.29, 0.717) is 23.3 Å². The SMILES string of the molecule is Cc1ccccc1-n1ncc(C(=O)NC2CC3CCC(C2)N3)c1C(F)(F)F. The highest BCUT2D eigenvalue weighted by atomic mass is 19.4. The van der Waals surface area contributed by atoms with Gasteiger partial charge in [0.05, 0.1) is 17.4 Å². The first-order chi connectivity index (χ1) is 12.8. The third-order valence-corrected chi connectivity index (χ3v) is 5.43. The van der Waals surface area contributed by atoms with Crippen molar-refractivity contribution in [3.63, 3.8) is 0 Å². The lowest BCUT2D eigenvalue weighted by Gasteiger charge is -2.29. The molecule has 3 heterocycles. The smallest absolute Gasteiger partial charge is 0.349 e. The average molecular weight is 378 g/mol. The molecule has 4 rings (SSSR count). The van der Waals surface area contributed by atoms with Crippen molar-refractivity contribution in [3.05, 3.63) is 47.3 Å². The van der Waals surface area contributed by atoms with Gasteiger partial charge in [0.2, 0.25) is 0 Å². The Balaban J connectivity index is 1.64. The summed E-state index contributed by atoms with van der Waals surface area (Å²) in [4.78, 5) is 12.7. The molecule has 1 amide bonds. The first kappa shape index (κ1) is 18.0. The van der Waals surface area contributed by atoms with Crippen LogP contribution in [0.15, 0.2) is 30.5 Å². The quantitative estimate of drug-likeness (QED) is 0.862. The normalized spacial score (nSPS) is 24.8. The van der Waals surface area contributed by atoms with Crippen molar-refractivity contribution in [2.75, 3.05) is 0 Å². The Morgan fingerprint density at radius 2 is 1.89 bits per heavy atom. The summed E-state index contributed by atoms with van der Waals surface area (Å²) in [6.07, 6.45) is -0.0873. The number of halogens is 3. The first-order valence-electron chi connectivity index (χ1n) is 9.11. The highest BCUT2D eigenvalue weighted by molar-refractivity contribution is 5.95. The lowest BCUT2D eigenvalue weighted by Crippen LogP contribution is -2.48. The zero-order valence-corrected chi connectivity index (χ0v) is 14.9. The Bertz CT molecular complexity index is 849. The van der Waals surface area contributed by atoms with Crippen LogP contribution in [0, 0.1) is 6.92 Å². The second-order valence-corrected chi connectivity index (χ2v) is 7.38. The number of piperidine rings is 1. The number of rotatable bonds is 3. The van der Waals surface area contributed by atoms with Gasteiger partial charge >= 0.3 is 6.18 Å². The van der Waals surface area contributed by atoms with E-state index in [4.69, 9.17) is 0 Å². The van der Waals surface area contributed by atoms with Crippen LogP contribution in [0.5, 0.6) is 0 Å². The highest BCUT2D eigenvalue weighted by Crippen LogP contribution is 2.34. The Hall–Kier alpha value is -2.35. The molecular weight excluding hydrogens is 357 g/mol. The van der Waals surface area contributed by atoms with Gasteiger partial charge in [0.25, 0.3) is 5.91 Å². The Labute approximate surface area is 154 Å². The van der Waals surface area contributed by atoms with Crippen molar-refractivity contribution in [1.82, 2.24) is 20.4 Å². The number of alkyl halides is 3.